The summed E-state index contributed by atoms with van der Waals surface area (Å²) in [6, 6.07) is 1.88. The zero-order valence-electron chi connectivity index (χ0n) is 5.74. The first kappa shape index (κ1) is 7.72. The van der Waals surface area contributed by atoms with Crippen LogP contribution in [0.25, 0.3) is 0 Å². The third-order valence-electron chi connectivity index (χ3n) is 1.31. The molecule has 0 aromatic carbocycles. The van der Waals surface area contributed by atoms with Gasteiger partial charge in [-0.05, 0) is 23.9 Å². The third-order valence-corrected chi connectivity index (χ3v) is 2.19. The van der Waals surface area contributed by atoms with Crippen molar-refractivity contribution in [3.63, 3.8) is 0 Å². The van der Waals surface area contributed by atoms with Crippen molar-refractivity contribution >= 4 is 11.3 Å². The highest BCUT2D eigenvalue weighted by Gasteiger charge is 2.05. The Bertz CT molecular complexity index is 207. The van der Waals surface area contributed by atoms with E-state index < -0.39 is 6.10 Å². The third kappa shape index (κ3) is 1.56. The van der Waals surface area contributed by atoms with Gasteiger partial charge < -0.3 is 10.2 Å². The molecule has 0 aliphatic rings. The van der Waals surface area contributed by atoms with Crippen molar-refractivity contribution in [2.75, 3.05) is 6.61 Å². The minimum atomic E-state index is -0.704. The van der Waals surface area contributed by atoms with E-state index in [0.29, 0.717) is 0 Å². The van der Waals surface area contributed by atoms with Crippen LogP contribution < -0.4 is 0 Å². The number of hydrogen-bond donors (Lipinski definition) is 2. The van der Waals surface area contributed by atoms with Crippen molar-refractivity contribution in [1.82, 2.24) is 0 Å². The molecule has 0 aliphatic carbocycles. The monoisotopic (exact) mass is 158 g/mol. The van der Waals surface area contributed by atoms with E-state index in [4.69, 9.17) is 10.2 Å². The standard InChI is InChI=1S/C7H10O2S/c1-5-2-6(4-10-5)7(9)3-8/h2,4,7-9H,3H2,1H3. The Morgan fingerprint density at radius 3 is 2.80 bits per heavy atom. The molecule has 2 nitrogen and oxygen atoms in total. The fourth-order valence-electron chi connectivity index (χ4n) is 0.744. The van der Waals surface area contributed by atoms with E-state index in [1.807, 2.05) is 18.4 Å². The summed E-state index contributed by atoms with van der Waals surface area (Å²) < 4.78 is 0. The van der Waals surface area contributed by atoms with Gasteiger partial charge in [-0.25, -0.2) is 0 Å². The Morgan fingerprint density at radius 2 is 2.40 bits per heavy atom. The second-order valence-corrected chi connectivity index (χ2v) is 3.30. The van der Waals surface area contributed by atoms with Gasteiger partial charge in [0.2, 0.25) is 0 Å². The first-order chi connectivity index (χ1) is 4.74. The molecule has 0 amide bonds. The van der Waals surface area contributed by atoms with Crippen LogP contribution in [-0.2, 0) is 0 Å². The van der Waals surface area contributed by atoms with Crippen LogP contribution in [0.15, 0.2) is 11.4 Å². The lowest BCUT2D eigenvalue weighted by atomic mass is 10.2. The first-order valence-electron chi connectivity index (χ1n) is 3.08. The molecule has 0 spiro atoms. The van der Waals surface area contributed by atoms with Gasteiger partial charge in [0.25, 0.3) is 0 Å². The van der Waals surface area contributed by atoms with Gasteiger partial charge in [0, 0.05) is 4.88 Å². The fourth-order valence-corrected chi connectivity index (χ4v) is 1.50. The molecule has 10 heavy (non-hydrogen) atoms. The molecule has 0 saturated heterocycles. The number of thiophene rings is 1. The minimum absolute atomic E-state index is 0.198. The number of hydrogen-bond acceptors (Lipinski definition) is 3. The normalized spacial score (nSPS) is 13.5. The lowest BCUT2D eigenvalue weighted by Gasteiger charge is -2.01. The molecule has 1 atom stereocenters. The summed E-state index contributed by atoms with van der Waals surface area (Å²) in [4.78, 5) is 1.16. The van der Waals surface area contributed by atoms with E-state index in [9.17, 15) is 0 Å². The van der Waals surface area contributed by atoms with Crippen molar-refractivity contribution < 1.29 is 10.2 Å². The highest BCUT2D eigenvalue weighted by molar-refractivity contribution is 7.10. The molecular weight excluding hydrogens is 148 g/mol. The van der Waals surface area contributed by atoms with Crippen molar-refractivity contribution in [3.8, 4) is 0 Å². The van der Waals surface area contributed by atoms with Crippen LogP contribution in [0.5, 0.6) is 0 Å². The maximum Gasteiger partial charge on any atom is 0.103 e. The smallest absolute Gasteiger partial charge is 0.103 e. The quantitative estimate of drug-likeness (QED) is 0.676. The second-order valence-electron chi connectivity index (χ2n) is 2.19. The number of rotatable bonds is 2. The maximum absolute atomic E-state index is 9.10. The molecule has 0 saturated carbocycles. The predicted molar refractivity (Wildman–Crippen MR) is 41.1 cm³/mol. The molecule has 3 heteroatoms. The van der Waals surface area contributed by atoms with E-state index in [0.717, 1.165) is 10.4 Å². The Balaban J connectivity index is 2.74. The largest absolute Gasteiger partial charge is 0.393 e. The highest BCUT2D eigenvalue weighted by atomic mass is 32.1. The summed E-state index contributed by atoms with van der Waals surface area (Å²) in [6.07, 6.45) is -0.704. The molecule has 1 heterocycles. The van der Waals surface area contributed by atoms with Crippen LogP contribution in [0.3, 0.4) is 0 Å². The molecule has 1 rings (SSSR count). The highest BCUT2D eigenvalue weighted by Crippen LogP contribution is 2.19. The molecule has 2 N–H and O–H groups in total. The summed E-state index contributed by atoms with van der Waals surface area (Å²) in [7, 11) is 0. The zero-order chi connectivity index (χ0) is 7.56. The van der Waals surface area contributed by atoms with Crippen molar-refractivity contribution in [2.24, 2.45) is 0 Å². The van der Waals surface area contributed by atoms with Gasteiger partial charge in [-0.1, -0.05) is 0 Å². The second kappa shape index (κ2) is 3.14. The van der Waals surface area contributed by atoms with E-state index in [1.165, 1.54) is 0 Å². The lowest BCUT2D eigenvalue weighted by molar-refractivity contribution is 0.0959. The number of aryl methyl sites for hydroxylation is 1. The Labute approximate surface area is 63.8 Å². The average Bonchev–Trinajstić information content (AvgIpc) is 2.34. The maximum atomic E-state index is 9.10. The molecule has 0 fully saturated rings. The van der Waals surface area contributed by atoms with Crippen molar-refractivity contribution in [1.29, 1.82) is 0 Å². The van der Waals surface area contributed by atoms with Crippen LogP contribution in [0.1, 0.15) is 16.5 Å². The number of aliphatic hydroxyl groups excluding tert-OH is 2. The SMILES string of the molecule is Cc1cc(C(O)CO)cs1. The molecule has 56 valence electrons. The zero-order valence-corrected chi connectivity index (χ0v) is 6.56. The number of aliphatic hydroxyl groups is 2. The molecule has 0 bridgehead atoms. The Kier molecular flexibility index (Phi) is 2.43. The van der Waals surface area contributed by atoms with Crippen molar-refractivity contribution in [3.05, 3.63) is 21.9 Å². The first-order valence-corrected chi connectivity index (χ1v) is 3.96. The summed E-state index contributed by atoms with van der Waals surface area (Å²) >= 11 is 1.58. The molecule has 1 aromatic heterocycles. The Hall–Kier alpha value is -0.380. The van der Waals surface area contributed by atoms with E-state index >= 15 is 0 Å². The van der Waals surface area contributed by atoms with Crippen LogP contribution in [0, 0.1) is 6.92 Å². The van der Waals surface area contributed by atoms with Crippen LogP contribution in [0.2, 0.25) is 0 Å². The molecular formula is C7H10O2S. The topological polar surface area (TPSA) is 40.5 Å². The summed E-state index contributed by atoms with van der Waals surface area (Å²) in [5.41, 5.74) is 0.810. The van der Waals surface area contributed by atoms with E-state index in [2.05, 4.69) is 0 Å². The Morgan fingerprint density at radius 1 is 1.70 bits per heavy atom. The molecule has 0 aliphatic heterocycles. The van der Waals surface area contributed by atoms with Gasteiger partial charge in [0.05, 0.1) is 6.61 Å². The van der Waals surface area contributed by atoms with Crippen molar-refractivity contribution in [2.45, 2.75) is 13.0 Å². The van der Waals surface area contributed by atoms with E-state index in [-0.39, 0.29) is 6.61 Å². The van der Waals surface area contributed by atoms with Gasteiger partial charge >= 0.3 is 0 Å². The molecule has 0 radical (unpaired) electrons. The van der Waals surface area contributed by atoms with Crippen LogP contribution in [0.4, 0.5) is 0 Å². The lowest BCUT2D eigenvalue weighted by Crippen LogP contribution is -1.99. The summed E-state index contributed by atoms with van der Waals surface area (Å²) in [6.45, 7) is 1.77. The molecule has 1 unspecified atom stereocenters. The van der Waals surface area contributed by atoms with Gasteiger partial charge in [-0.2, -0.15) is 0 Å². The van der Waals surface area contributed by atoms with Gasteiger partial charge in [-0.15, -0.1) is 11.3 Å². The van der Waals surface area contributed by atoms with Gasteiger partial charge in [-0.3, -0.25) is 0 Å². The van der Waals surface area contributed by atoms with Gasteiger partial charge in [0.1, 0.15) is 6.10 Å². The summed E-state index contributed by atoms with van der Waals surface area (Å²) in [5, 5.41) is 19.5. The molecule has 1 aromatic rings. The van der Waals surface area contributed by atoms with Crippen LogP contribution >= 0.6 is 11.3 Å². The van der Waals surface area contributed by atoms with E-state index in [1.54, 1.807) is 11.3 Å². The average molecular weight is 158 g/mol. The fraction of sp³-hybridized carbons (Fsp3) is 0.429. The summed E-state index contributed by atoms with van der Waals surface area (Å²) in [5.74, 6) is 0. The van der Waals surface area contributed by atoms with Gasteiger partial charge in [0.15, 0.2) is 0 Å². The minimum Gasteiger partial charge on any atom is -0.393 e. The predicted octanol–water partition coefficient (Wildman–Crippen LogP) is 1.08. The van der Waals surface area contributed by atoms with Crippen LogP contribution in [-0.4, -0.2) is 16.8 Å².